The third-order valence-corrected chi connectivity index (χ3v) is 6.51. The number of aromatic nitrogens is 1. The zero-order chi connectivity index (χ0) is 20.4. The van der Waals surface area contributed by atoms with Gasteiger partial charge in [0.05, 0.1) is 12.1 Å². The quantitative estimate of drug-likeness (QED) is 0.713. The molecule has 29 heavy (non-hydrogen) atoms. The molecule has 0 unspecified atom stereocenters. The summed E-state index contributed by atoms with van der Waals surface area (Å²) in [6.07, 6.45) is 5.25. The average molecular weight is 396 g/mol. The van der Waals surface area contributed by atoms with E-state index < -0.39 is 5.92 Å². The van der Waals surface area contributed by atoms with E-state index in [9.17, 15) is 9.59 Å². The van der Waals surface area contributed by atoms with E-state index in [1.54, 1.807) is 6.20 Å². The van der Waals surface area contributed by atoms with Crippen LogP contribution in [-0.4, -0.2) is 34.3 Å². The monoisotopic (exact) mass is 396 g/mol. The van der Waals surface area contributed by atoms with E-state index in [4.69, 9.17) is 9.15 Å². The van der Waals surface area contributed by atoms with Crippen LogP contribution >= 0.6 is 0 Å². The van der Waals surface area contributed by atoms with Crippen molar-refractivity contribution in [3.63, 3.8) is 0 Å². The standard InChI is InChI=1S/C23H28N2O4/c1-15-7-6-10-19(16(15)2)25-13-18(11-22(25)26)23(27)28-14-21-24-12-20(29-21)17-8-4-3-5-9-17/h3-5,8-9,12,15-16,18-19H,6-7,10-11,13-14H2,1-2H3/t15-,16-,18-,19-/m1/s1. The van der Waals surface area contributed by atoms with Gasteiger partial charge in [0.1, 0.15) is 0 Å². The van der Waals surface area contributed by atoms with Crippen LogP contribution in [0.3, 0.4) is 0 Å². The predicted molar refractivity (Wildman–Crippen MR) is 108 cm³/mol. The Kier molecular flexibility index (Phi) is 5.69. The van der Waals surface area contributed by atoms with E-state index in [-0.39, 0.29) is 30.9 Å². The number of esters is 1. The Hall–Kier alpha value is -2.63. The normalized spacial score (nSPS) is 27.2. The maximum atomic E-state index is 12.6. The molecule has 0 radical (unpaired) electrons. The number of oxazole rings is 1. The summed E-state index contributed by atoms with van der Waals surface area (Å²) < 4.78 is 11.1. The Morgan fingerprint density at radius 1 is 1.24 bits per heavy atom. The van der Waals surface area contributed by atoms with Crippen LogP contribution in [0.1, 0.15) is 45.4 Å². The largest absolute Gasteiger partial charge is 0.455 e. The summed E-state index contributed by atoms with van der Waals surface area (Å²) in [6, 6.07) is 9.89. The molecule has 6 heteroatoms. The first-order valence-corrected chi connectivity index (χ1v) is 10.5. The zero-order valence-electron chi connectivity index (χ0n) is 17.0. The zero-order valence-corrected chi connectivity index (χ0v) is 17.0. The molecule has 6 nitrogen and oxygen atoms in total. The minimum Gasteiger partial charge on any atom is -0.455 e. The van der Waals surface area contributed by atoms with Crippen molar-refractivity contribution in [2.45, 2.75) is 52.2 Å². The number of benzene rings is 1. The van der Waals surface area contributed by atoms with E-state index in [0.717, 1.165) is 18.4 Å². The molecular weight excluding hydrogens is 368 g/mol. The Morgan fingerprint density at radius 3 is 2.83 bits per heavy atom. The summed E-state index contributed by atoms with van der Waals surface area (Å²) in [4.78, 5) is 31.2. The van der Waals surface area contributed by atoms with Crippen LogP contribution in [0.15, 0.2) is 40.9 Å². The van der Waals surface area contributed by atoms with E-state index in [2.05, 4.69) is 18.8 Å². The van der Waals surface area contributed by atoms with Crippen molar-refractivity contribution in [3.05, 3.63) is 42.4 Å². The summed E-state index contributed by atoms with van der Waals surface area (Å²) in [6.45, 7) is 4.91. The van der Waals surface area contributed by atoms with E-state index in [0.29, 0.717) is 30.0 Å². The average Bonchev–Trinajstić information content (AvgIpc) is 3.36. The lowest BCUT2D eigenvalue weighted by molar-refractivity contribution is -0.150. The number of hydrogen-bond acceptors (Lipinski definition) is 5. The Bertz CT molecular complexity index is 863. The molecular formula is C23H28N2O4. The van der Waals surface area contributed by atoms with Crippen molar-refractivity contribution < 1.29 is 18.7 Å². The van der Waals surface area contributed by atoms with Gasteiger partial charge < -0.3 is 14.1 Å². The van der Waals surface area contributed by atoms with Gasteiger partial charge in [0.2, 0.25) is 11.8 Å². The van der Waals surface area contributed by atoms with Crippen LogP contribution in [0.5, 0.6) is 0 Å². The van der Waals surface area contributed by atoms with Gasteiger partial charge in [-0.1, -0.05) is 57.0 Å². The summed E-state index contributed by atoms with van der Waals surface area (Å²) in [5.74, 6) is 1.38. The van der Waals surface area contributed by atoms with Gasteiger partial charge in [-0.05, 0) is 18.3 Å². The van der Waals surface area contributed by atoms with Crippen LogP contribution in [-0.2, 0) is 20.9 Å². The number of carbonyl (C=O) groups excluding carboxylic acids is 2. The molecule has 1 aromatic carbocycles. The van der Waals surface area contributed by atoms with Gasteiger partial charge in [-0.2, -0.15) is 0 Å². The van der Waals surface area contributed by atoms with E-state index in [1.807, 2.05) is 35.2 Å². The second-order valence-corrected chi connectivity index (χ2v) is 8.37. The third kappa shape index (κ3) is 4.21. The molecule has 1 saturated carbocycles. The lowest BCUT2D eigenvalue weighted by Crippen LogP contribution is -2.45. The van der Waals surface area contributed by atoms with E-state index in [1.165, 1.54) is 6.42 Å². The Balaban J connectivity index is 1.33. The van der Waals surface area contributed by atoms with Gasteiger partial charge in [0.15, 0.2) is 12.4 Å². The topological polar surface area (TPSA) is 72.6 Å². The molecule has 1 saturated heterocycles. The predicted octanol–water partition coefficient (Wildman–Crippen LogP) is 4.06. The highest BCUT2D eigenvalue weighted by molar-refractivity contribution is 5.87. The Labute approximate surface area is 171 Å². The maximum absolute atomic E-state index is 12.6. The molecule has 2 aliphatic rings. The minimum absolute atomic E-state index is 0.0206. The fraction of sp³-hybridized carbons (Fsp3) is 0.522. The molecule has 0 N–H and O–H groups in total. The van der Waals surface area contributed by atoms with Gasteiger partial charge in [-0.25, -0.2) is 4.98 Å². The van der Waals surface area contributed by atoms with Crippen LogP contribution in [0.2, 0.25) is 0 Å². The third-order valence-electron chi connectivity index (χ3n) is 6.51. The molecule has 1 aliphatic carbocycles. The SMILES string of the molecule is C[C@@H]1[C@H](C)CCC[C@H]1N1C[C@H](C(=O)OCc2ncc(-c3ccccc3)o2)CC1=O. The molecule has 154 valence electrons. The van der Waals surface area contributed by atoms with Crippen LogP contribution in [0, 0.1) is 17.8 Å². The van der Waals surface area contributed by atoms with Gasteiger partial charge in [-0.15, -0.1) is 0 Å². The van der Waals surface area contributed by atoms with Crippen molar-refractivity contribution in [2.75, 3.05) is 6.54 Å². The number of ether oxygens (including phenoxy) is 1. The molecule has 1 amide bonds. The van der Waals surface area contributed by atoms with Gasteiger partial charge >= 0.3 is 5.97 Å². The summed E-state index contributed by atoms with van der Waals surface area (Å²) in [7, 11) is 0. The van der Waals surface area contributed by atoms with E-state index >= 15 is 0 Å². The molecule has 4 rings (SSSR count). The number of carbonyl (C=O) groups is 2. The second kappa shape index (κ2) is 8.39. The number of rotatable bonds is 5. The molecule has 2 heterocycles. The van der Waals surface area contributed by atoms with Crippen LogP contribution in [0.25, 0.3) is 11.3 Å². The van der Waals surface area contributed by atoms with Crippen molar-refractivity contribution in [3.8, 4) is 11.3 Å². The van der Waals surface area contributed by atoms with Crippen LogP contribution < -0.4 is 0 Å². The van der Waals surface area contributed by atoms with Crippen molar-refractivity contribution in [2.24, 2.45) is 17.8 Å². The lowest BCUT2D eigenvalue weighted by atomic mass is 9.77. The van der Waals surface area contributed by atoms with Gasteiger partial charge in [-0.3, -0.25) is 9.59 Å². The molecule has 0 bridgehead atoms. The molecule has 1 aromatic heterocycles. The molecule has 0 spiro atoms. The second-order valence-electron chi connectivity index (χ2n) is 8.37. The lowest BCUT2D eigenvalue weighted by Gasteiger charge is -2.39. The van der Waals surface area contributed by atoms with Crippen molar-refractivity contribution in [1.82, 2.24) is 9.88 Å². The highest BCUT2D eigenvalue weighted by Gasteiger charge is 2.42. The number of amides is 1. The molecule has 2 aromatic rings. The maximum Gasteiger partial charge on any atom is 0.311 e. The number of hydrogen-bond donors (Lipinski definition) is 0. The first-order chi connectivity index (χ1) is 14.0. The van der Waals surface area contributed by atoms with Crippen molar-refractivity contribution in [1.29, 1.82) is 0 Å². The fourth-order valence-electron chi connectivity index (χ4n) is 4.57. The van der Waals surface area contributed by atoms with Crippen molar-refractivity contribution >= 4 is 11.9 Å². The van der Waals surface area contributed by atoms with Crippen LogP contribution in [0.4, 0.5) is 0 Å². The molecule has 4 atom stereocenters. The highest BCUT2D eigenvalue weighted by atomic mass is 16.5. The highest BCUT2D eigenvalue weighted by Crippen LogP contribution is 2.36. The molecule has 2 fully saturated rings. The molecule has 1 aliphatic heterocycles. The minimum atomic E-state index is -0.407. The van der Waals surface area contributed by atoms with Gasteiger partial charge in [0.25, 0.3) is 0 Å². The number of nitrogens with zero attached hydrogens (tertiary/aromatic N) is 2. The summed E-state index contributed by atoms with van der Waals surface area (Å²) in [5.41, 5.74) is 0.922. The summed E-state index contributed by atoms with van der Waals surface area (Å²) in [5, 5.41) is 0. The summed E-state index contributed by atoms with van der Waals surface area (Å²) >= 11 is 0. The smallest absolute Gasteiger partial charge is 0.311 e. The van der Waals surface area contributed by atoms with Gasteiger partial charge in [0, 0.05) is 24.6 Å². The first kappa shape index (κ1) is 19.7. The number of likely N-dealkylation sites (tertiary alicyclic amines) is 1. The fourth-order valence-corrected chi connectivity index (χ4v) is 4.57. The first-order valence-electron chi connectivity index (χ1n) is 10.5. The Morgan fingerprint density at radius 2 is 2.03 bits per heavy atom.